The Bertz CT molecular complexity index is 375. The predicted octanol–water partition coefficient (Wildman–Crippen LogP) is 1.97. The van der Waals surface area contributed by atoms with Gasteiger partial charge in [0.25, 0.3) is 0 Å². The van der Waals surface area contributed by atoms with E-state index in [-0.39, 0.29) is 0 Å². The van der Waals surface area contributed by atoms with Gasteiger partial charge in [-0.1, -0.05) is 6.07 Å². The van der Waals surface area contributed by atoms with Gasteiger partial charge in [-0.25, -0.2) is 0 Å². The first-order valence-corrected chi connectivity index (χ1v) is 6.08. The van der Waals surface area contributed by atoms with E-state index in [1.807, 2.05) is 17.5 Å². The number of carbonyl (C=O) groups is 1. The summed E-state index contributed by atoms with van der Waals surface area (Å²) < 4.78 is 0. The van der Waals surface area contributed by atoms with Crippen LogP contribution in [0.4, 0.5) is 0 Å². The lowest BCUT2D eigenvalue weighted by molar-refractivity contribution is -0.147. The Morgan fingerprint density at radius 1 is 1.53 bits per heavy atom. The van der Waals surface area contributed by atoms with Crippen molar-refractivity contribution in [2.24, 2.45) is 5.41 Å². The van der Waals surface area contributed by atoms with E-state index in [0.29, 0.717) is 5.41 Å². The maximum absolute atomic E-state index is 11.2. The molecule has 1 saturated heterocycles. The Labute approximate surface area is 92.3 Å². The second-order valence-corrected chi connectivity index (χ2v) is 5.64. The number of aliphatic carboxylic acids is 1. The van der Waals surface area contributed by atoms with E-state index in [4.69, 9.17) is 0 Å². The first-order valence-electron chi connectivity index (χ1n) is 5.21. The number of rotatable bonds is 3. The first-order chi connectivity index (χ1) is 7.20. The highest BCUT2D eigenvalue weighted by molar-refractivity contribution is 7.10. The molecule has 4 heteroatoms. The van der Waals surface area contributed by atoms with E-state index in [2.05, 4.69) is 4.90 Å². The van der Waals surface area contributed by atoms with Crippen molar-refractivity contribution in [1.82, 2.24) is 4.90 Å². The van der Waals surface area contributed by atoms with Crippen LogP contribution in [0, 0.1) is 5.41 Å². The van der Waals surface area contributed by atoms with E-state index >= 15 is 0 Å². The molecule has 1 spiro atoms. The molecule has 0 aromatic carbocycles. The summed E-state index contributed by atoms with van der Waals surface area (Å²) >= 11 is 1.53. The van der Waals surface area contributed by atoms with Crippen LogP contribution < -0.4 is 0 Å². The fraction of sp³-hybridized carbons (Fsp3) is 0.545. The number of carboxylic acids is 1. The fourth-order valence-corrected chi connectivity index (χ4v) is 3.25. The van der Waals surface area contributed by atoms with E-state index < -0.39 is 12.0 Å². The minimum Gasteiger partial charge on any atom is -0.480 e. The van der Waals surface area contributed by atoms with Crippen LogP contribution in [0.2, 0.25) is 0 Å². The van der Waals surface area contributed by atoms with Gasteiger partial charge in [-0.05, 0) is 29.7 Å². The monoisotopic (exact) mass is 223 g/mol. The van der Waals surface area contributed by atoms with Crippen LogP contribution in [0.25, 0.3) is 0 Å². The third-order valence-corrected chi connectivity index (χ3v) is 4.37. The number of carboxylic acid groups (broad SMARTS) is 1. The topological polar surface area (TPSA) is 40.5 Å². The van der Waals surface area contributed by atoms with Gasteiger partial charge in [0, 0.05) is 18.0 Å². The second kappa shape index (κ2) is 3.06. The number of hydrogen-bond donors (Lipinski definition) is 1. The molecule has 15 heavy (non-hydrogen) atoms. The van der Waals surface area contributed by atoms with Crippen LogP contribution >= 0.6 is 11.3 Å². The second-order valence-electron chi connectivity index (χ2n) is 4.66. The molecule has 3 nitrogen and oxygen atoms in total. The summed E-state index contributed by atoms with van der Waals surface area (Å²) in [5.74, 6) is -0.715. The lowest BCUT2D eigenvalue weighted by Crippen LogP contribution is -2.51. The lowest BCUT2D eigenvalue weighted by Gasteiger charge is -2.43. The third kappa shape index (κ3) is 1.48. The zero-order valence-electron chi connectivity index (χ0n) is 8.35. The number of likely N-dealkylation sites (tertiary alicyclic amines) is 1. The minimum atomic E-state index is -0.715. The van der Waals surface area contributed by atoms with Crippen molar-refractivity contribution in [3.63, 3.8) is 0 Å². The van der Waals surface area contributed by atoms with Gasteiger partial charge >= 0.3 is 5.97 Å². The summed E-state index contributed by atoms with van der Waals surface area (Å²) in [5.41, 5.74) is 0.519. The molecule has 1 saturated carbocycles. The summed E-state index contributed by atoms with van der Waals surface area (Å²) in [6, 6.07) is 3.43. The molecule has 1 aliphatic heterocycles. The summed E-state index contributed by atoms with van der Waals surface area (Å²) in [4.78, 5) is 14.3. The highest BCUT2D eigenvalue weighted by atomic mass is 32.1. The van der Waals surface area contributed by atoms with E-state index in [9.17, 15) is 9.90 Å². The van der Waals surface area contributed by atoms with Gasteiger partial charge in [-0.15, -0.1) is 11.3 Å². The molecule has 3 rings (SSSR count). The van der Waals surface area contributed by atoms with Gasteiger partial charge in [0.15, 0.2) is 0 Å². The SMILES string of the molecule is O=C(O)C(c1cccs1)N1CC2(CC2)C1. The van der Waals surface area contributed by atoms with Gasteiger partial charge in [0.1, 0.15) is 6.04 Å². The maximum Gasteiger partial charge on any atom is 0.326 e. The van der Waals surface area contributed by atoms with Crippen molar-refractivity contribution in [3.8, 4) is 0 Å². The smallest absolute Gasteiger partial charge is 0.326 e. The molecule has 1 aromatic heterocycles. The molecule has 1 aromatic rings. The molecule has 2 fully saturated rings. The predicted molar refractivity (Wildman–Crippen MR) is 57.9 cm³/mol. The number of nitrogens with zero attached hydrogens (tertiary/aromatic N) is 1. The molecule has 1 N–H and O–H groups in total. The highest BCUT2D eigenvalue weighted by Crippen LogP contribution is 2.55. The summed E-state index contributed by atoms with van der Waals surface area (Å²) in [7, 11) is 0. The average molecular weight is 223 g/mol. The Morgan fingerprint density at radius 2 is 2.27 bits per heavy atom. The van der Waals surface area contributed by atoms with Crippen molar-refractivity contribution >= 4 is 17.3 Å². The van der Waals surface area contributed by atoms with Crippen molar-refractivity contribution in [3.05, 3.63) is 22.4 Å². The van der Waals surface area contributed by atoms with Gasteiger partial charge in [0.2, 0.25) is 0 Å². The molecule has 2 heterocycles. The van der Waals surface area contributed by atoms with Crippen molar-refractivity contribution in [1.29, 1.82) is 0 Å². The molecular formula is C11H13NO2S. The maximum atomic E-state index is 11.2. The Morgan fingerprint density at radius 3 is 2.73 bits per heavy atom. The molecule has 2 aliphatic rings. The van der Waals surface area contributed by atoms with Crippen LogP contribution in [0.1, 0.15) is 23.8 Å². The van der Waals surface area contributed by atoms with Crippen LogP contribution in [0.5, 0.6) is 0 Å². The zero-order valence-corrected chi connectivity index (χ0v) is 9.17. The zero-order chi connectivity index (χ0) is 10.5. The number of thiophene rings is 1. The van der Waals surface area contributed by atoms with Crippen LogP contribution in [-0.2, 0) is 4.79 Å². The van der Waals surface area contributed by atoms with Gasteiger partial charge < -0.3 is 5.11 Å². The van der Waals surface area contributed by atoms with E-state index in [1.165, 1.54) is 24.2 Å². The van der Waals surface area contributed by atoms with Crippen molar-refractivity contribution < 1.29 is 9.90 Å². The largest absolute Gasteiger partial charge is 0.480 e. The molecule has 0 radical (unpaired) electrons. The Hall–Kier alpha value is -0.870. The molecule has 0 bridgehead atoms. The first kappa shape index (κ1) is 9.36. The lowest BCUT2D eigenvalue weighted by atomic mass is 9.94. The molecule has 1 atom stereocenters. The van der Waals surface area contributed by atoms with Crippen molar-refractivity contribution in [2.75, 3.05) is 13.1 Å². The van der Waals surface area contributed by atoms with E-state index in [1.54, 1.807) is 0 Å². The minimum absolute atomic E-state index is 0.406. The molecule has 1 unspecified atom stereocenters. The van der Waals surface area contributed by atoms with Gasteiger partial charge in [-0.3, -0.25) is 9.69 Å². The van der Waals surface area contributed by atoms with Crippen molar-refractivity contribution in [2.45, 2.75) is 18.9 Å². The Kier molecular flexibility index (Phi) is 1.91. The van der Waals surface area contributed by atoms with Crippen LogP contribution in [0.15, 0.2) is 17.5 Å². The fourth-order valence-electron chi connectivity index (χ4n) is 2.40. The van der Waals surface area contributed by atoms with Crippen LogP contribution in [-0.4, -0.2) is 29.1 Å². The summed E-state index contributed by atoms with van der Waals surface area (Å²) in [6.45, 7) is 1.95. The van der Waals surface area contributed by atoms with Crippen LogP contribution in [0.3, 0.4) is 0 Å². The molecular weight excluding hydrogens is 210 g/mol. The van der Waals surface area contributed by atoms with Gasteiger partial charge in [-0.2, -0.15) is 0 Å². The molecule has 1 aliphatic carbocycles. The normalized spacial score (nSPS) is 24.8. The van der Waals surface area contributed by atoms with Gasteiger partial charge in [0.05, 0.1) is 0 Å². The highest BCUT2D eigenvalue weighted by Gasteiger charge is 2.55. The quantitative estimate of drug-likeness (QED) is 0.851. The van der Waals surface area contributed by atoms with E-state index in [0.717, 1.165) is 18.0 Å². The standard InChI is InChI=1S/C11H13NO2S/c13-10(14)9(8-2-1-5-15-8)12-6-11(7-12)3-4-11/h1-2,5,9H,3-4,6-7H2,(H,13,14). The third-order valence-electron chi connectivity index (χ3n) is 3.45. The number of hydrogen-bond acceptors (Lipinski definition) is 3. The molecule has 0 amide bonds. The Balaban J connectivity index is 1.77. The average Bonchev–Trinajstić information content (AvgIpc) is 2.73. The summed E-state index contributed by atoms with van der Waals surface area (Å²) in [6.07, 6.45) is 2.58. The molecule has 80 valence electrons. The summed E-state index contributed by atoms with van der Waals surface area (Å²) in [5, 5.41) is 11.2.